The van der Waals surface area contributed by atoms with Crippen molar-refractivity contribution in [1.82, 2.24) is 15.0 Å². The van der Waals surface area contributed by atoms with Gasteiger partial charge in [0.05, 0.1) is 0 Å². The zero-order chi connectivity index (χ0) is 14.5. The van der Waals surface area contributed by atoms with Gasteiger partial charge in [-0.15, -0.1) is 0 Å². The molecule has 0 aliphatic heterocycles. The fourth-order valence-corrected chi connectivity index (χ4v) is 2.21. The maximum Gasteiger partial charge on any atom is 0.231 e. The van der Waals surface area contributed by atoms with Crippen LogP contribution >= 0.6 is 0 Å². The Morgan fingerprint density at radius 1 is 1.20 bits per heavy atom. The van der Waals surface area contributed by atoms with Crippen molar-refractivity contribution in [1.29, 1.82) is 0 Å². The number of hydrogen-bond donors (Lipinski definition) is 2. The predicted molar refractivity (Wildman–Crippen MR) is 83.4 cm³/mol. The minimum atomic E-state index is 0.417. The summed E-state index contributed by atoms with van der Waals surface area (Å²) in [6.07, 6.45) is 5.01. The molecule has 1 heterocycles. The van der Waals surface area contributed by atoms with Crippen LogP contribution < -0.4 is 15.5 Å². The van der Waals surface area contributed by atoms with E-state index in [1.54, 1.807) is 0 Å². The van der Waals surface area contributed by atoms with Gasteiger partial charge in [0, 0.05) is 26.7 Å². The van der Waals surface area contributed by atoms with Gasteiger partial charge in [0.15, 0.2) is 0 Å². The van der Waals surface area contributed by atoms with Gasteiger partial charge >= 0.3 is 0 Å². The average Bonchev–Trinajstić information content (AvgIpc) is 2.33. The van der Waals surface area contributed by atoms with Crippen molar-refractivity contribution in [2.75, 3.05) is 36.2 Å². The Balaban J connectivity index is 2.10. The predicted octanol–water partition coefficient (Wildman–Crippen LogP) is 2.36. The highest BCUT2D eigenvalue weighted by molar-refractivity contribution is 5.43. The van der Waals surface area contributed by atoms with Crippen molar-refractivity contribution in [2.24, 2.45) is 5.92 Å². The molecule has 1 aliphatic carbocycles. The van der Waals surface area contributed by atoms with Crippen LogP contribution in [0.5, 0.6) is 0 Å². The maximum absolute atomic E-state index is 4.47. The van der Waals surface area contributed by atoms with Crippen LogP contribution in [-0.4, -0.2) is 41.6 Å². The smallest absolute Gasteiger partial charge is 0.231 e. The van der Waals surface area contributed by atoms with Crippen LogP contribution in [0.4, 0.5) is 17.8 Å². The zero-order valence-corrected chi connectivity index (χ0v) is 13.0. The second kappa shape index (κ2) is 6.72. The monoisotopic (exact) mass is 278 g/mol. The van der Waals surface area contributed by atoms with Crippen LogP contribution in [0.15, 0.2) is 0 Å². The molecule has 0 bridgehead atoms. The van der Waals surface area contributed by atoms with E-state index < -0.39 is 0 Å². The maximum atomic E-state index is 4.47. The Kier molecular flexibility index (Phi) is 4.98. The Morgan fingerprint density at radius 3 is 2.45 bits per heavy atom. The lowest BCUT2D eigenvalue weighted by Crippen LogP contribution is -2.32. The molecule has 2 N–H and O–H groups in total. The number of hydrogen-bond acceptors (Lipinski definition) is 6. The van der Waals surface area contributed by atoms with E-state index in [-0.39, 0.29) is 0 Å². The second-order valence-electron chi connectivity index (χ2n) is 5.73. The summed E-state index contributed by atoms with van der Waals surface area (Å²) >= 11 is 0. The van der Waals surface area contributed by atoms with Crippen molar-refractivity contribution in [3.63, 3.8) is 0 Å². The molecule has 1 fully saturated rings. The molecule has 0 spiro atoms. The van der Waals surface area contributed by atoms with E-state index in [0.717, 1.165) is 18.9 Å². The van der Waals surface area contributed by atoms with Crippen molar-refractivity contribution >= 4 is 17.8 Å². The Bertz CT molecular complexity index is 430. The molecule has 0 radical (unpaired) electrons. The molecule has 1 atom stereocenters. The molecule has 0 saturated heterocycles. The van der Waals surface area contributed by atoms with Gasteiger partial charge in [0.2, 0.25) is 17.8 Å². The van der Waals surface area contributed by atoms with Crippen molar-refractivity contribution in [3.05, 3.63) is 0 Å². The molecular weight excluding hydrogens is 252 g/mol. The van der Waals surface area contributed by atoms with Gasteiger partial charge in [0.1, 0.15) is 0 Å². The molecule has 1 aromatic heterocycles. The Morgan fingerprint density at radius 2 is 1.90 bits per heavy atom. The van der Waals surface area contributed by atoms with Gasteiger partial charge in [-0.3, -0.25) is 0 Å². The van der Waals surface area contributed by atoms with Gasteiger partial charge in [-0.1, -0.05) is 13.3 Å². The number of rotatable bonds is 7. The lowest BCUT2D eigenvalue weighted by Gasteiger charge is -2.32. The highest BCUT2D eigenvalue weighted by Gasteiger charge is 2.24. The first-order valence-electron chi connectivity index (χ1n) is 7.54. The number of nitrogens with zero attached hydrogens (tertiary/aromatic N) is 4. The van der Waals surface area contributed by atoms with Gasteiger partial charge in [-0.25, -0.2) is 0 Å². The van der Waals surface area contributed by atoms with Crippen molar-refractivity contribution in [2.45, 2.75) is 45.6 Å². The summed E-state index contributed by atoms with van der Waals surface area (Å²) in [6, 6.07) is 0.417. The highest BCUT2D eigenvalue weighted by Crippen LogP contribution is 2.30. The molecule has 1 aliphatic rings. The summed E-state index contributed by atoms with van der Waals surface area (Å²) in [5.74, 6) is 2.75. The second-order valence-corrected chi connectivity index (χ2v) is 5.73. The first-order valence-corrected chi connectivity index (χ1v) is 7.54. The van der Waals surface area contributed by atoms with E-state index in [1.807, 2.05) is 19.0 Å². The molecule has 20 heavy (non-hydrogen) atoms. The molecule has 2 rings (SSSR count). The molecular formula is C14H26N6. The minimum Gasteiger partial charge on any atom is -0.354 e. The third-order valence-electron chi connectivity index (χ3n) is 3.77. The highest BCUT2D eigenvalue weighted by atomic mass is 15.3. The minimum absolute atomic E-state index is 0.417. The molecule has 112 valence electrons. The number of aromatic nitrogens is 3. The molecule has 6 heteroatoms. The molecule has 1 aromatic rings. The Hall–Kier alpha value is -1.59. The van der Waals surface area contributed by atoms with Crippen LogP contribution in [-0.2, 0) is 0 Å². The summed E-state index contributed by atoms with van der Waals surface area (Å²) in [5.41, 5.74) is 0. The van der Waals surface area contributed by atoms with E-state index in [2.05, 4.69) is 39.4 Å². The van der Waals surface area contributed by atoms with Gasteiger partial charge < -0.3 is 15.5 Å². The third-order valence-corrected chi connectivity index (χ3v) is 3.77. The molecule has 0 aromatic carbocycles. The first-order chi connectivity index (χ1) is 9.60. The fourth-order valence-electron chi connectivity index (χ4n) is 2.21. The number of nitrogens with one attached hydrogen (secondary N) is 2. The van der Waals surface area contributed by atoms with E-state index in [9.17, 15) is 0 Å². The SMILES string of the molecule is CCCNc1nc(NC(C)C2CCC2)nc(N(C)C)n1. The number of anilines is 3. The van der Waals surface area contributed by atoms with E-state index in [4.69, 9.17) is 0 Å². The third kappa shape index (κ3) is 3.71. The summed E-state index contributed by atoms with van der Waals surface area (Å²) in [6.45, 7) is 5.20. The van der Waals surface area contributed by atoms with Crippen LogP contribution in [0.25, 0.3) is 0 Å². The van der Waals surface area contributed by atoms with Gasteiger partial charge in [-0.2, -0.15) is 15.0 Å². The first kappa shape index (κ1) is 14.8. The van der Waals surface area contributed by atoms with E-state index in [0.29, 0.717) is 23.9 Å². The van der Waals surface area contributed by atoms with Crippen molar-refractivity contribution < 1.29 is 0 Å². The summed E-state index contributed by atoms with van der Waals surface area (Å²) in [7, 11) is 3.89. The molecule has 6 nitrogen and oxygen atoms in total. The summed E-state index contributed by atoms with van der Waals surface area (Å²) in [4.78, 5) is 15.2. The Labute approximate surface area is 121 Å². The van der Waals surface area contributed by atoms with E-state index >= 15 is 0 Å². The lowest BCUT2D eigenvalue weighted by molar-refractivity contribution is 0.284. The summed E-state index contributed by atoms with van der Waals surface area (Å²) in [5, 5.41) is 6.66. The molecule has 1 saturated carbocycles. The largest absolute Gasteiger partial charge is 0.354 e. The lowest BCUT2D eigenvalue weighted by atomic mass is 9.80. The summed E-state index contributed by atoms with van der Waals surface area (Å²) < 4.78 is 0. The van der Waals surface area contributed by atoms with Crippen LogP contribution in [0.2, 0.25) is 0 Å². The topological polar surface area (TPSA) is 66.0 Å². The van der Waals surface area contributed by atoms with Gasteiger partial charge in [-0.05, 0) is 32.1 Å². The molecule has 0 amide bonds. The standard InChI is InChI=1S/C14H26N6/c1-5-9-15-12-17-13(19-14(18-12)20(3)4)16-10(2)11-7-6-8-11/h10-11H,5-9H2,1-4H3,(H2,15,16,17,18,19). The zero-order valence-electron chi connectivity index (χ0n) is 13.0. The molecule has 1 unspecified atom stereocenters. The van der Waals surface area contributed by atoms with Crippen LogP contribution in [0, 0.1) is 5.92 Å². The van der Waals surface area contributed by atoms with Crippen LogP contribution in [0.3, 0.4) is 0 Å². The quantitative estimate of drug-likeness (QED) is 0.798. The fraction of sp³-hybridized carbons (Fsp3) is 0.786. The van der Waals surface area contributed by atoms with E-state index in [1.165, 1.54) is 19.3 Å². The average molecular weight is 278 g/mol. The normalized spacial score (nSPS) is 16.4. The van der Waals surface area contributed by atoms with Crippen molar-refractivity contribution in [3.8, 4) is 0 Å². The van der Waals surface area contributed by atoms with Gasteiger partial charge in [0.25, 0.3) is 0 Å². The van der Waals surface area contributed by atoms with Crippen LogP contribution in [0.1, 0.15) is 39.5 Å².